The van der Waals surface area contributed by atoms with Crippen LogP contribution in [-0.2, 0) is 16.0 Å². The molecule has 2 aromatic carbocycles. The van der Waals surface area contributed by atoms with Crippen LogP contribution in [0.3, 0.4) is 0 Å². The first-order valence-electron chi connectivity index (χ1n) is 7.17. The number of nitrogens with zero attached hydrogens (tertiary/aromatic N) is 1. The molecule has 24 heavy (non-hydrogen) atoms. The number of carbonyl (C=O) groups is 2. The Morgan fingerprint density at radius 3 is 2.54 bits per heavy atom. The fourth-order valence-corrected chi connectivity index (χ4v) is 2.16. The van der Waals surface area contributed by atoms with E-state index in [0.29, 0.717) is 5.56 Å². The number of ether oxygens (including phenoxy) is 1. The highest BCUT2D eigenvalue weighted by atomic mass is 19.1. The number of rotatable bonds is 5. The van der Waals surface area contributed by atoms with E-state index < -0.39 is 23.7 Å². The summed E-state index contributed by atoms with van der Waals surface area (Å²) in [5, 5.41) is 11.3. The van der Waals surface area contributed by atoms with Gasteiger partial charge < -0.3 is 10.1 Å². The van der Waals surface area contributed by atoms with Crippen molar-refractivity contribution in [3.63, 3.8) is 0 Å². The molecule has 0 bridgehead atoms. The summed E-state index contributed by atoms with van der Waals surface area (Å²) in [6, 6.07) is 12.9. The molecule has 0 aliphatic carbocycles. The molecule has 2 rings (SSSR count). The molecule has 0 fully saturated rings. The van der Waals surface area contributed by atoms with Gasteiger partial charge in [0.2, 0.25) is 0 Å². The van der Waals surface area contributed by atoms with E-state index in [1.54, 1.807) is 24.3 Å². The van der Waals surface area contributed by atoms with Crippen LogP contribution >= 0.6 is 0 Å². The van der Waals surface area contributed by atoms with Gasteiger partial charge in [0.15, 0.2) is 0 Å². The highest BCUT2D eigenvalue weighted by molar-refractivity contribution is 5.96. The second kappa shape index (κ2) is 7.88. The Balaban J connectivity index is 2.14. The first-order chi connectivity index (χ1) is 11.5. The standard InChI is InChI=1S/C18H15FN2O3/c1-24-18(23)16(9-12-5-7-13(11-20)8-6-12)21-17(22)14-3-2-4-15(19)10-14/h2-8,10,16H,9H2,1H3,(H,21,22)/t16-/m0/s1. The van der Waals surface area contributed by atoms with Crippen molar-refractivity contribution >= 4 is 11.9 Å². The lowest BCUT2D eigenvalue weighted by Gasteiger charge is -2.16. The van der Waals surface area contributed by atoms with Gasteiger partial charge in [0.25, 0.3) is 5.91 Å². The Kier molecular flexibility index (Phi) is 5.63. The minimum absolute atomic E-state index is 0.115. The zero-order chi connectivity index (χ0) is 17.5. The minimum Gasteiger partial charge on any atom is -0.467 e. The van der Waals surface area contributed by atoms with Crippen molar-refractivity contribution in [2.24, 2.45) is 0 Å². The number of carbonyl (C=O) groups excluding carboxylic acids is 2. The van der Waals surface area contributed by atoms with E-state index in [-0.39, 0.29) is 12.0 Å². The van der Waals surface area contributed by atoms with Crippen LogP contribution < -0.4 is 5.32 Å². The molecule has 1 N–H and O–H groups in total. The monoisotopic (exact) mass is 326 g/mol. The quantitative estimate of drug-likeness (QED) is 0.855. The number of halogens is 1. The number of hydrogen-bond acceptors (Lipinski definition) is 4. The van der Waals surface area contributed by atoms with E-state index in [9.17, 15) is 14.0 Å². The lowest BCUT2D eigenvalue weighted by molar-refractivity contribution is -0.142. The van der Waals surface area contributed by atoms with Gasteiger partial charge in [-0.1, -0.05) is 18.2 Å². The number of benzene rings is 2. The maximum absolute atomic E-state index is 13.2. The molecular formula is C18H15FN2O3. The average molecular weight is 326 g/mol. The van der Waals surface area contributed by atoms with Crippen LogP contribution in [0.1, 0.15) is 21.5 Å². The second-order valence-electron chi connectivity index (χ2n) is 5.07. The van der Waals surface area contributed by atoms with E-state index >= 15 is 0 Å². The molecule has 1 atom stereocenters. The van der Waals surface area contributed by atoms with E-state index in [0.717, 1.165) is 11.6 Å². The number of nitriles is 1. The molecule has 2 aromatic rings. The van der Waals surface area contributed by atoms with Gasteiger partial charge in [0, 0.05) is 12.0 Å². The second-order valence-corrected chi connectivity index (χ2v) is 5.07. The molecular weight excluding hydrogens is 311 g/mol. The van der Waals surface area contributed by atoms with Gasteiger partial charge in [0.05, 0.1) is 18.7 Å². The molecule has 0 heterocycles. The van der Waals surface area contributed by atoms with Gasteiger partial charge in [-0.05, 0) is 35.9 Å². The summed E-state index contributed by atoms with van der Waals surface area (Å²) in [4.78, 5) is 24.1. The maximum atomic E-state index is 13.2. The Morgan fingerprint density at radius 2 is 1.96 bits per heavy atom. The van der Waals surface area contributed by atoms with Crippen molar-refractivity contribution in [1.29, 1.82) is 5.26 Å². The number of nitrogens with one attached hydrogen (secondary N) is 1. The molecule has 0 unspecified atom stereocenters. The Bertz CT molecular complexity index is 782. The van der Waals surface area contributed by atoms with E-state index in [1.807, 2.05) is 6.07 Å². The van der Waals surface area contributed by atoms with Crippen molar-refractivity contribution in [3.8, 4) is 6.07 Å². The smallest absolute Gasteiger partial charge is 0.328 e. The van der Waals surface area contributed by atoms with E-state index in [1.165, 1.54) is 25.3 Å². The van der Waals surface area contributed by atoms with Crippen molar-refractivity contribution < 1.29 is 18.7 Å². The topological polar surface area (TPSA) is 79.2 Å². The average Bonchev–Trinajstić information content (AvgIpc) is 2.61. The van der Waals surface area contributed by atoms with Crippen molar-refractivity contribution in [3.05, 3.63) is 71.0 Å². The summed E-state index contributed by atoms with van der Waals surface area (Å²) in [7, 11) is 1.22. The third kappa shape index (κ3) is 4.40. The number of methoxy groups -OCH3 is 1. The molecule has 1 amide bonds. The lowest BCUT2D eigenvalue weighted by atomic mass is 10.0. The van der Waals surface area contributed by atoms with E-state index in [4.69, 9.17) is 10.00 Å². The molecule has 5 nitrogen and oxygen atoms in total. The van der Waals surface area contributed by atoms with Crippen LogP contribution in [0.2, 0.25) is 0 Å². The normalized spacial score (nSPS) is 11.2. The molecule has 0 saturated heterocycles. The third-order valence-corrected chi connectivity index (χ3v) is 3.40. The number of esters is 1. The molecule has 0 aromatic heterocycles. The van der Waals surface area contributed by atoms with E-state index in [2.05, 4.69) is 5.32 Å². The van der Waals surface area contributed by atoms with Crippen LogP contribution in [0.15, 0.2) is 48.5 Å². The summed E-state index contributed by atoms with van der Waals surface area (Å²) in [5.74, 6) is -1.72. The van der Waals surface area contributed by atoms with Crippen LogP contribution in [0, 0.1) is 17.1 Å². The van der Waals surface area contributed by atoms with Crippen molar-refractivity contribution in [1.82, 2.24) is 5.32 Å². The highest BCUT2D eigenvalue weighted by Gasteiger charge is 2.22. The minimum atomic E-state index is -0.918. The third-order valence-electron chi connectivity index (χ3n) is 3.40. The summed E-state index contributed by atoms with van der Waals surface area (Å²) < 4.78 is 17.9. The molecule has 0 saturated carbocycles. The SMILES string of the molecule is COC(=O)[C@H](Cc1ccc(C#N)cc1)NC(=O)c1cccc(F)c1. The van der Waals surface area contributed by atoms with Gasteiger partial charge in [-0.25, -0.2) is 9.18 Å². The van der Waals surface area contributed by atoms with Gasteiger partial charge in [-0.3, -0.25) is 4.79 Å². The Hall–Kier alpha value is -3.20. The van der Waals surface area contributed by atoms with Gasteiger partial charge >= 0.3 is 5.97 Å². The zero-order valence-corrected chi connectivity index (χ0v) is 13.0. The predicted molar refractivity (Wildman–Crippen MR) is 84.5 cm³/mol. The van der Waals surface area contributed by atoms with Gasteiger partial charge in [-0.15, -0.1) is 0 Å². The highest BCUT2D eigenvalue weighted by Crippen LogP contribution is 2.09. The summed E-state index contributed by atoms with van der Waals surface area (Å²) in [5.41, 5.74) is 1.37. The maximum Gasteiger partial charge on any atom is 0.328 e. The Morgan fingerprint density at radius 1 is 1.25 bits per heavy atom. The van der Waals surface area contributed by atoms with Crippen LogP contribution in [0.25, 0.3) is 0 Å². The molecule has 122 valence electrons. The zero-order valence-electron chi connectivity index (χ0n) is 13.0. The number of hydrogen-bond donors (Lipinski definition) is 1. The predicted octanol–water partition coefficient (Wildman–Crippen LogP) is 2.21. The largest absolute Gasteiger partial charge is 0.467 e. The summed E-state index contributed by atoms with van der Waals surface area (Å²) >= 11 is 0. The van der Waals surface area contributed by atoms with Gasteiger partial charge in [-0.2, -0.15) is 5.26 Å². The molecule has 0 aliphatic heterocycles. The van der Waals surface area contributed by atoms with Gasteiger partial charge in [0.1, 0.15) is 11.9 Å². The first-order valence-corrected chi connectivity index (χ1v) is 7.17. The first kappa shape index (κ1) is 17.2. The molecule has 6 heteroatoms. The van der Waals surface area contributed by atoms with Crippen LogP contribution in [0.4, 0.5) is 4.39 Å². The fourth-order valence-electron chi connectivity index (χ4n) is 2.16. The van der Waals surface area contributed by atoms with Crippen molar-refractivity contribution in [2.45, 2.75) is 12.5 Å². The van der Waals surface area contributed by atoms with Crippen molar-refractivity contribution in [2.75, 3.05) is 7.11 Å². The number of amides is 1. The molecule has 0 spiro atoms. The van der Waals surface area contributed by atoms with Crippen LogP contribution in [0.5, 0.6) is 0 Å². The Labute approximate surface area is 138 Å². The summed E-state index contributed by atoms with van der Waals surface area (Å²) in [6.07, 6.45) is 0.194. The molecule has 0 radical (unpaired) electrons. The van der Waals surface area contributed by atoms with Crippen LogP contribution in [-0.4, -0.2) is 25.0 Å². The molecule has 0 aliphatic rings. The fraction of sp³-hybridized carbons (Fsp3) is 0.167. The lowest BCUT2D eigenvalue weighted by Crippen LogP contribution is -2.43. The summed E-state index contributed by atoms with van der Waals surface area (Å²) in [6.45, 7) is 0.